The Hall–Kier alpha value is -1.75. The van der Waals surface area contributed by atoms with Crippen LogP contribution in [0.3, 0.4) is 0 Å². The second-order valence-electron chi connectivity index (χ2n) is 3.61. The Kier molecular flexibility index (Phi) is 4.04. The van der Waals surface area contributed by atoms with E-state index in [9.17, 15) is 4.79 Å². The topological polar surface area (TPSA) is 51.5 Å². The van der Waals surface area contributed by atoms with Crippen molar-refractivity contribution in [3.8, 4) is 5.75 Å². The van der Waals surface area contributed by atoms with Crippen molar-refractivity contribution in [3.05, 3.63) is 52.4 Å². The summed E-state index contributed by atoms with van der Waals surface area (Å²) in [6.45, 7) is 0.357. The van der Waals surface area contributed by atoms with Crippen LogP contribution in [-0.4, -0.2) is 13.0 Å². The second-order valence-corrected chi connectivity index (χ2v) is 4.46. The highest BCUT2D eigenvalue weighted by atomic mass is 79.9. The fourth-order valence-electron chi connectivity index (χ4n) is 1.48. The number of amides is 1. The van der Waals surface area contributed by atoms with Crippen LogP contribution in [0.4, 0.5) is 0 Å². The number of benzene rings is 1. The molecule has 0 fully saturated rings. The van der Waals surface area contributed by atoms with Crippen molar-refractivity contribution in [2.24, 2.45) is 0 Å². The highest BCUT2D eigenvalue weighted by Gasteiger charge is 2.11. The molecule has 0 aliphatic heterocycles. The molecule has 0 radical (unpaired) electrons. The maximum absolute atomic E-state index is 12.0. The fourth-order valence-corrected chi connectivity index (χ4v) is 1.91. The van der Waals surface area contributed by atoms with Crippen molar-refractivity contribution in [1.29, 1.82) is 0 Å². The summed E-state index contributed by atoms with van der Waals surface area (Å²) in [4.78, 5) is 12.0. The molecule has 1 amide bonds. The van der Waals surface area contributed by atoms with E-state index < -0.39 is 0 Å². The molecule has 2 rings (SSSR count). The summed E-state index contributed by atoms with van der Waals surface area (Å²) in [5.41, 5.74) is 0.529. The van der Waals surface area contributed by atoms with Crippen LogP contribution < -0.4 is 10.1 Å². The number of hydrogen-bond acceptors (Lipinski definition) is 3. The predicted molar refractivity (Wildman–Crippen MR) is 70.6 cm³/mol. The van der Waals surface area contributed by atoms with Crippen LogP contribution in [0.15, 0.2) is 45.5 Å². The normalized spacial score (nSPS) is 10.1. The van der Waals surface area contributed by atoms with Crippen molar-refractivity contribution in [2.45, 2.75) is 6.54 Å². The van der Waals surface area contributed by atoms with Crippen LogP contribution in [0.25, 0.3) is 0 Å². The molecule has 0 unspecified atom stereocenters. The van der Waals surface area contributed by atoms with E-state index in [-0.39, 0.29) is 5.91 Å². The number of carbonyl (C=O) groups excluding carboxylic acids is 1. The van der Waals surface area contributed by atoms with Crippen LogP contribution in [0.1, 0.15) is 16.1 Å². The molecule has 0 saturated heterocycles. The molecule has 0 aliphatic rings. The van der Waals surface area contributed by atoms with Gasteiger partial charge in [-0.1, -0.05) is 0 Å². The van der Waals surface area contributed by atoms with Gasteiger partial charge in [-0.05, 0) is 46.3 Å². The van der Waals surface area contributed by atoms with Gasteiger partial charge in [-0.2, -0.15) is 0 Å². The fraction of sp³-hybridized carbons (Fsp3) is 0.154. The SMILES string of the molecule is COc1ccc(Br)c(C(=O)NCc2ccco2)c1. The molecular weight excluding hydrogens is 298 g/mol. The zero-order chi connectivity index (χ0) is 13.0. The molecular formula is C13H12BrNO3. The van der Waals surface area contributed by atoms with Gasteiger partial charge in [0.2, 0.25) is 0 Å². The molecule has 0 saturated carbocycles. The highest BCUT2D eigenvalue weighted by Crippen LogP contribution is 2.22. The van der Waals surface area contributed by atoms with E-state index in [2.05, 4.69) is 21.2 Å². The molecule has 0 bridgehead atoms. The molecule has 94 valence electrons. The molecule has 5 heteroatoms. The van der Waals surface area contributed by atoms with Gasteiger partial charge < -0.3 is 14.5 Å². The summed E-state index contributed by atoms with van der Waals surface area (Å²) < 4.78 is 11.0. The Bertz CT molecular complexity index is 537. The first kappa shape index (κ1) is 12.7. The van der Waals surface area contributed by atoms with Crippen LogP contribution in [-0.2, 0) is 6.54 Å². The van der Waals surface area contributed by atoms with E-state index in [4.69, 9.17) is 9.15 Å². The van der Waals surface area contributed by atoms with Gasteiger partial charge in [0.1, 0.15) is 11.5 Å². The first-order valence-electron chi connectivity index (χ1n) is 5.35. The Balaban J connectivity index is 2.08. The zero-order valence-electron chi connectivity index (χ0n) is 9.77. The average Bonchev–Trinajstić information content (AvgIpc) is 2.89. The summed E-state index contributed by atoms with van der Waals surface area (Å²) in [7, 11) is 1.56. The Morgan fingerprint density at radius 3 is 2.94 bits per heavy atom. The lowest BCUT2D eigenvalue weighted by atomic mass is 10.2. The summed E-state index contributed by atoms with van der Waals surface area (Å²) >= 11 is 3.34. The lowest BCUT2D eigenvalue weighted by molar-refractivity contribution is 0.0947. The minimum absolute atomic E-state index is 0.183. The maximum atomic E-state index is 12.0. The summed E-state index contributed by atoms with van der Waals surface area (Å²) in [5, 5.41) is 2.78. The van der Waals surface area contributed by atoms with Gasteiger partial charge in [0.05, 0.1) is 25.5 Å². The number of furan rings is 1. The molecule has 1 heterocycles. The maximum Gasteiger partial charge on any atom is 0.252 e. The monoisotopic (exact) mass is 309 g/mol. The van der Waals surface area contributed by atoms with Gasteiger partial charge in [0.25, 0.3) is 5.91 Å². The van der Waals surface area contributed by atoms with Crippen LogP contribution in [0.5, 0.6) is 5.75 Å². The number of halogens is 1. The van der Waals surface area contributed by atoms with Crippen LogP contribution in [0, 0.1) is 0 Å². The average molecular weight is 310 g/mol. The van der Waals surface area contributed by atoms with E-state index in [1.165, 1.54) is 0 Å². The smallest absolute Gasteiger partial charge is 0.252 e. The van der Waals surface area contributed by atoms with Gasteiger partial charge in [0, 0.05) is 4.47 Å². The molecule has 0 spiro atoms. The zero-order valence-corrected chi connectivity index (χ0v) is 11.4. The molecule has 0 aliphatic carbocycles. The largest absolute Gasteiger partial charge is 0.497 e. The Morgan fingerprint density at radius 2 is 2.28 bits per heavy atom. The van der Waals surface area contributed by atoms with Gasteiger partial charge in [-0.15, -0.1) is 0 Å². The van der Waals surface area contributed by atoms with Crippen molar-refractivity contribution >= 4 is 21.8 Å². The number of methoxy groups -OCH3 is 1. The van der Waals surface area contributed by atoms with E-state index in [1.807, 2.05) is 0 Å². The lowest BCUT2D eigenvalue weighted by Gasteiger charge is -2.07. The number of rotatable bonds is 4. The number of carbonyl (C=O) groups is 1. The molecule has 1 aromatic heterocycles. The molecule has 18 heavy (non-hydrogen) atoms. The summed E-state index contributed by atoms with van der Waals surface area (Å²) in [6.07, 6.45) is 1.57. The molecule has 0 atom stereocenters. The third-order valence-electron chi connectivity index (χ3n) is 2.42. The first-order valence-corrected chi connectivity index (χ1v) is 6.14. The van der Waals surface area contributed by atoms with Gasteiger partial charge >= 0.3 is 0 Å². The first-order chi connectivity index (χ1) is 8.70. The minimum atomic E-state index is -0.183. The van der Waals surface area contributed by atoms with Crippen molar-refractivity contribution < 1.29 is 13.9 Å². The summed E-state index contributed by atoms with van der Waals surface area (Å²) in [6, 6.07) is 8.83. The van der Waals surface area contributed by atoms with Crippen molar-refractivity contribution in [3.63, 3.8) is 0 Å². The number of nitrogens with one attached hydrogen (secondary N) is 1. The van der Waals surface area contributed by atoms with Gasteiger partial charge in [-0.3, -0.25) is 4.79 Å². The van der Waals surface area contributed by atoms with E-state index >= 15 is 0 Å². The second kappa shape index (κ2) is 5.73. The van der Waals surface area contributed by atoms with Gasteiger partial charge in [-0.25, -0.2) is 0 Å². The van der Waals surface area contributed by atoms with E-state index in [0.717, 1.165) is 4.47 Å². The standard InChI is InChI=1S/C13H12BrNO3/c1-17-9-4-5-12(14)11(7-9)13(16)15-8-10-3-2-6-18-10/h2-7H,8H2,1H3,(H,15,16). The van der Waals surface area contributed by atoms with E-state index in [1.54, 1.807) is 43.7 Å². The molecule has 1 N–H and O–H groups in total. The summed E-state index contributed by atoms with van der Waals surface area (Å²) in [5.74, 6) is 1.17. The number of ether oxygens (including phenoxy) is 1. The third kappa shape index (κ3) is 2.92. The number of hydrogen-bond donors (Lipinski definition) is 1. The highest BCUT2D eigenvalue weighted by molar-refractivity contribution is 9.10. The van der Waals surface area contributed by atoms with Crippen molar-refractivity contribution in [2.75, 3.05) is 7.11 Å². The molecule has 1 aromatic carbocycles. The van der Waals surface area contributed by atoms with Crippen LogP contribution >= 0.6 is 15.9 Å². The van der Waals surface area contributed by atoms with Gasteiger partial charge in [0.15, 0.2) is 0 Å². The Morgan fingerprint density at radius 1 is 1.44 bits per heavy atom. The molecule has 2 aromatic rings. The quantitative estimate of drug-likeness (QED) is 0.944. The van der Waals surface area contributed by atoms with Crippen molar-refractivity contribution in [1.82, 2.24) is 5.32 Å². The molecule has 4 nitrogen and oxygen atoms in total. The van der Waals surface area contributed by atoms with Crippen LogP contribution in [0.2, 0.25) is 0 Å². The van der Waals surface area contributed by atoms with E-state index in [0.29, 0.717) is 23.6 Å². The Labute approximate surface area is 113 Å². The minimum Gasteiger partial charge on any atom is -0.497 e. The lowest BCUT2D eigenvalue weighted by Crippen LogP contribution is -2.22. The predicted octanol–water partition coefficient (Wildman–Crippen LogP) is 2.98. The third-order valence-corrected chi connectivity index (χ3v) is 3.11.